The van der Waals surface area contributed by atoms with Gasteiger partial charge < -0.3 is 10.0 Å². The summed E-state index contributed by atoms with van der Waals surface area (Å²) in [6, 6.07) is 7.80. The second-order valence-electron chi connectivity index (χ2n) is 3.56. The summed E-state index contributed by atoms with van der Waals surface area (Å²) in [7, 11) is -1.50. The minimum atomic E-state index is -1.50. The molecule has 0 saturated carbocycles. The van der Waals surface area contributed by atoms with Crippen molar-refractivity contribution >= 4 is 34.1 Å². The van der Waals surface area contributed by atoms with Crippen LogP contribution in [-0.2, 0) is 0 Å². The fraction of sp³-hybridized carbons (Fsp3) is 0. The van der Waals surface area contributed by atoms with E-state index in [-0.39, 0.29) is 0 Å². The van der Waals surface area contributed by atoms with Crippen LogP contribution in [0.15, 0.2) is 36.7 Å². The molecule has 2 heterocycles. The molecule has 0 amide bonds. The fourth-order valence-electron chi connectivity index (χ4n) is 1.53. The lowest BCUT2D eigenvalue weighted by atomic mass is 9.83. The number of hydrogen-bond donors (Lipinski definition) is 2. The number of thiazole rings is 1. The fourth-order valence-corrected chi connectivity index (χ4v) is 2.43. The third kappa shape index (κ3) is 1.84. The van der Waals surface area contributed by atoms with E-state index in [0.717, 1.165) is 10.2 Å². The highest BCUT2D eigenvalue weighted by atomic mass is 32.1. The number of fused-ring (bicyclic) bond motifs is 1. The van der Waals surface area contributed by atoms with E-state index in [4.69, 9.17) is 10.0 Å². The second kappa shape index (κ2) is 3.95. The summed E-state index contributed by atoms with van der Waals surface area (Å²) in [4.78, 5) is 4.41. The van der Waals surface area contributed by atoms with Gasteiger partial charge in [0.05, 0.1) is 10.2 Å². The molecule has 0 atom stereocenters. The van der Waals surface area contributed by atoms with Gasteiger partial charge in [0.15, 0.2) is 0 Å². The van der Waals surface area contributed by atoms with Gasteiger partial charge >= 0.3 is 7.12 Å². The standard InChI is InChI=1S/C10H8BN3O2S/c15-11(16)7-5-12-14(6-7)10-13-8-3-1-2-4-9(8)17-10/h1-6,15-16H. The van der Waals surface area contributed by atoms with E-state index in [2.05, 4.69) is 10.1 Å². The summed E-state index contributed by atoms with van der Waals surface area (Å²) >= 11 is 1.50. The predicted octanol–water partition coefficient (Wildman–Crippen LogP) is 0.162. The van der Waals surface area contributed by atoms with E-state index < -0.39 is 7.12 Å². The van der Waals surface area contributed by atoms with Crippen molar-refractivity contribution in [2.24, 2.45) is 0 Å². The molecule has 1 aromatic carbocycles. The highest BCUT2D eigenvalue weighted by molar-refractivity contribution is 7.20. The van der Waals surface area contributed by atoms with Crippen molar-refractivity contribution in [2.75, 3.05) is 0 Å². The number of nitrogens with zero attached hydrogens (tertiary/aromatic N) is 3. The van der Waals surface area contributed by atoms with Crippen molar-refractivity contribution in [3.05, 3.63) is 36.7 Å². The first kappa shape index (κ1) is 10.5. The van der Waals surface area contributed by atoms with Crippen LogP contribution in [0.3, 0.4) is 0 Å². The SMILES string of the molecule is OB(O)c1cnn(-c2nc3ccccc3s2)c1. The van der Waals surface area contributed by atoms with Gasteiger partial charge in [-0.05, 0) is 12.1 Å². The van der Waals surface area contributed by atoms with E-state index >= 15 is 0 Å². The van der Waals surface area contributed by atoms with Crippen LogP contribution in [-0.4, -0.2) is 31.9 Å². The molecule has 0 unspecified atom stereocenters. The van der Waals surface area contributed by atoms with Gasteiger partial charge in [-0.25, -0.2) is 9.67 Å². The molecule has 5 nitrogen and oxygen atoms in total. The van der Waals surface area contributed by atoms with Crippen molar-refractivity contribution in [2.45, 2.75) is 0 Å². The Labute approximate surface area is 101 Å². The molecule has 17 heavy (non-hydrogen) atoms. The second-order valence-corrected chi connectivity index (χ2v) is 4.57. The monoisotopic (exact) mass is 245 g/mol. The molecule has 0 spiro atoms. The van der Waals surface area contributed by atoms with Crippen LogP contribution in [0, 0.1) is 0 Å². The Morgan fingerprint density at radius 1 is 1.24 bits per heavy atom. The molecule has 3 rings (SSSR count). The lowest BCUT2D eigenvalue weighted by Gasteiger charge is -1.92. The molecule has 0 aliphatic carbocycles. The van der Waals surface area contributed by atoms with E-state index in [1.54, 1.807) is 10.9 Å². The quantitative estimate of drug-likeness (QED) is 0.631. The number of aromatic nitrogens is 3. The minimum Gasteiger partial charge on any atom is -0.423 e. The summed E-state index contributed by atoms with van der Waals surface area (Å²) < 4.78 is 2.61. The predicted molar refractivity (Wildman–Crippen MR) is 66.6 cm³/mol. The van der Waals surface area contributed by atoms with Crippen LogP contribution in [0.1, 0.15) is 0 Å². The van der Waals surface area contributed by atoms with E-state index in [1.165, 1.54) is 17.5 Å². The Bertz CT molecular complexity index is 631. The van der Waals surface area contributed by atoms with Crippen molar-refractivity contribution in [1.82, 2.24) is 14.8 Å². The number of hydrogen-bond acceptors (Lipinski definition) is 5. The van der Waals surface area contributed by atoms with Crippen LogP contribution in [0.4, 0.5) is 0 Å². The van der Waals surface area contributed by atoms with Gasteiger partial charge in [0.2, 0.25) is 5.13 Å². The lowest BCUT2D eigenvalue weighted by Crippen LogP contribution is -2.28. The van der Waals surface area contributed by atoms with Crippen molar-refractivity contribution < 1.29 is 10.0 Å². The topological polar surface area (TPSA) is 71.2 Å². The molecular weight excluding hydrogens is 237 g/mol. The summed E-state index contributed by atoms with van der Waals surface area (Å²) in [5.41, 5.74) is 1.26. The van der Waals surface area contributed by atoms with Crippen molar-refractivity contribution in [1.29, 1.82) is 0 Å². The third-order valence-corrected chi connectivity index (χ3v) is 3.41. The van der Waals surface area contributed by atoms with Crippen LogP contribution >= 0.6 is 11.3 Å². The Balaban J connectivity index is 2.07. The van der Waals surface area contributed by atoms with Crippen molar-refractivity contribution in [3.8, 4) is 5.13 Å². The summed E-state index contributed by atoms with van der Waals surface area (Å²) in [5, 5.41) is 22.8. The molecule has 2 N–H and O–H groups in total. The number of para-hydroxylation sites is 1. The first-order valence-corrected chi connectivity index (χ1v) is 5.82. The van der Waals surface area contributed by atoms with Gasteiger partial charge in [-0.1, -0.05) is 23.5 Å². The van der Waals surface area contributed by atoms with Gasteiger partial charge in [0, 0.05) is 17.9 Å². The first-order valence-electron chi connectivity index (χ1n) is 5.01. The Kier molecular flexibility index (Phi) is 2.43. The molecular formula is C10H8BN3O2S. The Morgan fingerprint density at radius 3 is 2.76 bits per heavy atom. The molecule has 84 valence electrons. The summed E-state index contributed by atoms with van der Waals surface area (Å²) in [6.45, 7) is 0. The molecule has 0 bridgehead atoms. The van der Waals surface area contributed by atoms with E-state index in [0.29, 0.717) is 10.6 Å². The zero-order valence-corrected chi connectivity index (χ0v) is 9.50. The first-order chi connectivity index (χ1) is 8.24. The van der Waals surface area contributed by atoms with Crippen LogP contribution in [0.2, 0.25) is 0 Å². The molecule has 2 aromatic heterocycles. The maximum atomic E-state index is 9.01. The van der Waals surface area contributed by atoms with Gasteiger partial charge in [0.1, 0.15) is 0 Å². The molecule has 0 saturated heterocycles. The molecule has 0 aliphatic rings. The molecule has 7 heteroatoms. The molecule has 0 aliphatic heterocycles. The van der Waals surface area contributed by atoms with Gasteiger partial charge in [-0.3, -0.25) is 0 Å². The lowest BCUT2D eigenvalue weighted by molar-refractivity contribution is 0.426. The third-order valence-electron chi connectivity index (χ3n) is 2.38. The Hall–Kier alpha value is -1.70. The Morgan fingerprint density at radius 2 is 2.06 bits per heavy atom. The largest absolute Gasteiger partial charge is 0.491 e. The minimum absolute atomic E-state index is 0.351. The average Bonchev–Trinajstić information content (AvgIpc) is 2.95. The highest BCUT2D eigenvalue weighted by Gasteiger charge is 2.15. The van der Waals surface area contributed by atoms with E-state index in [9.17, 15) is 0 Å². The average molecular weight is 245 g/mol. The maximum Gasteiger partial charge on any atom is 0.491 e. The highest BCUT2D eigenvalue weighted by Crippen LogP contribution is 2.23. The number of rotatable bonds is 2. The van der Waals surface area contributed by atoms with Crippen LogP contribution in [0.5, 0.6) is 0 Å². The summed E-state index contributed by atoms with van der Waals surface area (Å²) in [6.07, 6.45) is 2.97. The zero-order chi connectivity index (χ0) is 11.8. The molecule has 0 fully saturated rings. The maximum absolute atomic E-state index is 9.01. The van der Waals surface area contributed by atoms with Gasteiger partial charge in [-0.15, -0.1) is 0 Å². The van der Waals surface area contributed by atoms with E-state index in [1.807, 2.05) is 24.3 Å². The van der Waals surface area contributed by atoms with Gasteiger partial charge in [0.25, 0.3) is 0 Å². The van der Waals surface area contributed by atoms with Crippen LogP contribution in [0.25, 0.3) is 15.3 Å². The van der Waals surface area contributed by atoms with Gasteiger partial charge in [-0.2, -0.15) is 5.10 Å². The zero-order valence-electron chi connectivity index (χ0n) is 8.69. The van der Waals surface area contributed by atoms with Crippen LogP contribution < -0.4 is 5.46 Å². The molecule has 3 aromatic rings. The smallest absolute Gasteiger partial charge is 0.423 e. The van der Waals surface area contributed by atoms with Crippen molar-refractivity contribution in [3.63, 3.8) is 0 Å². The molecule has 0 radical (unpaired) electrons. The number of benzene rings is 1. The summed E-state index contributed by atoms with van der Waals surface area (Å²) in [5.74, 6) is 0. The normalized spacial score (nSPS) is 10.9.